The van der Waals surface area contributed by atoms with E-state index in [1.165, 1.54) is 12.8 Å². The lowest BCUT2D eigenvalue weighted by Gasteiger charge is -2.26. The average Bonchev–Trinajstić information content (AvgIpc) is 3.18. The van der Waals surface area contributed by atoms with E-state index in [9.17, 15) is 4.79 Å². The van der Waals surface area contributed by atoms with Gasteiger partial charge in [0.05, 0.1) is 18.8 Å². The first-order valence-electron chi connectivity index (χ1n) is 7.98. The van der Waals surface area contributed by atoms with Crippen LogP contribution in [0.2, 0.25) is 0 Å². The normalized spacial score (nSPS) is 18.6. The van der Waals surface area contributed by atoms with Gasteiger partial charge in [-0.2, -0.15) is 0 Å². The maximum Gasteiger partial charge on any atom is 0.234 e. The molecule has 1 saturated heterocycles. The Hall–Kier alpha value is -1.33. The molecule has 2 atom stereocenters. The Morgan fingerprint density at radius 3 is 2.81 bits per heavy atom. The van der Waals surface area contributed by atoms with E-state index in [4.69, 9.17) is 4.42 Å². The Labute approximate surface area is 127 Å². The van der Waals surface area contributed by atoms with E-state index in [0.29, 0.717) is 19.1 Å². The number of nitrogens with zero attached hydrogens (tertiary/aromatic N) is 1. The van der Waals surface area contributed by atoms with Crippen molar-refractivity contribution in [1.29, 1.82) is 0 Å². The van der Waals surface area contributed by atoms with E-state index < -0.39 is 0 Å². The van der Waals surface area contributed by atoms with Crippen LogP contribution in [0.25, 0.3) is 0 Å². The summed E-state index contributed by atoms with van der Waals surface area (Å²) in [4.78, 5) is 14.3. The summed E-state index contributed by atoms with van der Waals surface area (Å²) in [6, 6.07) is 4.42. The van der Waals surface area contributed by atoms with Crippen LogP contribution in [0.5, 0.6) is 0 Å². The smallest absolute Gasteiger partial charge is 0.234 e. The Morgan fingerprint density at radius 2 is 2.19 bits per heavy atom. The molecule has 0 radical (unpaired) electrons. The highest BCUT2D eigenvalue weighted by atomic mass is 16.3. The van der Waals surface area contributed by atoms with Crippen molar-refractivity contribution in [3.05, 3.63) is 24.2 Å². The number of nitrogens with one attached hydrogen (secondary N) is 2. The molecule has 0 spiro atoms. The minimum Gasteiger partial charge on any atom is -0.468 e. The molecule has 0 aromatic carbocycles. The molecule has 2 unspecified atom stereocenters. The molecule has 1 aromatic rings. The standard InChI is InChI=1S/C16H27N3O2/c1-3-13(2)17-12-16(20)18-11-14(15-7-6-10-21-15)19-8-4-5-9-19/h6-7,10,13-14,17H,3-5,8-9,11-12H2,1-2H3,(H,18,20). The highest BCUT2D eigenvalue weighted by Gasteiger charge is 2.25. The molecule has 5 nitrogen and oxygen atoms in total. The molecular weight excluding hydrogens is 266 g/mol. The second-order valence-electron chi connectivity index (χ2n) is 5.77. The van der Waals surface area contributed by atoms with Crippen LogP contribution in [0.15, 0.2) is 22.8 Å². The molecule has 21 heavy (non-hydrogen) atoms. The summed E-state index contributed by atoms with van der Waals surface area (Å²) in [6.45, 7) is 7.33. The molecule has 1 amide bonds. The molecule has 1 fully saturated rings. The molecule has 5 heteroatoms. The molecule has 1 aromatic heterocycles. The third-order valence-electron chi connectivity index (χ3n) is 4.17. The van der Waals surface area contributed by atoms with Crippen LogP contribution in [0, 0.1) is 0 Å². The Morgan fingerprint density at radius 1 is 1.43 bits per heavy atom. The van der Waals surface area contributed by atoms with Gasteiger partial charge in [0.2, 0.25) is 5.91 Å². The van der Waals surface area contributed by atoms with Crippen molar-refractivity contribution in [1.82, 2.24) is 15.5 Å². The van der Waals surface area contributed by atoms with Crippen molar-refractivity contribution < 1.29 is 9.21 Å². The number of amides is 1. The SMILES string of the molecule is CCC(C)NCC(=O)NCC(c1ccco1)N1CCCC1. The number of carbonyl (C=O) groups excluding carboxylic acids is 1. The Kier molecular flexibility index (Phi) is 6.26. The first-order valence-corrected chi connectivity index (χ1v) is 7.98. The maximum atomic E-state index is 11.9. The van der Waals surface area contributed by atoms with Gasteiger partial charge in [0, 0.05) is 12.6 Å². The lowest BCUT2D eigenvalue weighted by atomic mass is 10.2. The van der Waals surface area contributed by atoms with Crippen LogP contribution in [-0.2, 0) is 4.79 Å². The van der Waals surface area contributed by atoms with Gasteiger partial charge in [-0.3, -0.25) is 9.69 Å². The van der Waals surface area contributed by atoms with Gasteiger partial charge in [-0.15, -0.1) is 0 Å². The summed E-state index contributed by atoms with van der Waals surface area (Å²) in [5.74, 6) is 0.984. The molecule has 2 N–H and O–H groups in total. The average molecular weight is 293 g/mol. The van der Waals surface area contributed by atoms with Crippen molar-refractivity contribution in [3.8, 4) is 0 Å². The molecule has 0 aliphatic carbocycles. The van der Waals surface area contributed by atoms with Gasteiger partial charge in [-0.05, 0) is 51.4 Å². The monoisotopic (exact) mass is 293 g/mol. The number of likely N-dealkylation sites (tertiary alicyclic amines) is 1. The minimum atomic E-state index is 0.0473. The van der Waals surface area contributed by atoms with Gasteiger partial charge in [0.15, 0.2) is 0 Å². The van der Waals surface area contributed by atoms with Crippen molar-refractivity contribution in [3.63, 3.8) is 0 Å². The van der Waals surface area contributed by atoms with E-state index >= 15 is 0 Å². The van der Waals surface area contributed by atoms with E-state index in [1.54, 1.807) is 6.26 Å². The number of carbonyl (C=O) groups is 1. The zero-order valence-corrected chi connectivity index (χ0v) is 13.1. The molecule has 2 heterocycles. The largest absolute Gasteiger partial charge is 0.468 e. The van der Waals surface area contributed by atoms with Crippen molar-refractivity contribution in [2.45, 2.75) is 45.2 Å². The topological polar surface area (TPSA) is 57.5 Å². The van der Waals surface area contributed by atoms with E-state index in [-0.39, 0.29) is 11.9 Å². The number of hydrogen-bond acceptors (Lipinski definition) is 4. The summed E-state index contributed by atoms with van der Waals surface area (Å²) >= 11 is 0. The van der Waals surface area contributed by atoms with Crippen molar-refractivity contribution in [2.75, 3.05) is 26.2 Å². The van der Waals surface area contributed by atoms with Gasteiger partial charge in [0.1, 0.15) is 5.76 Å². The maximum absolute atomic E-state index is 11.9. The predicted molar refractivity (Wildman–Crippen MR) is 83.0 cm³/mol. The number of hydrogen-bond donors (Lipinski definition) is 2. The highest BCUT2D eigenvalue weighted by Crippen LogP contribution is 2.24. The van der Waals surface area contributed by atoms with Crippen molar-refractivity contribution in [2.24, 2.45) is 0 Å². The second kappa shape index (κ2) is 8.20. The molecule has 1 aliphatic rings. The molecule has 118 valence electrons. The fraction of sp³-hybridized carbons (Fsp3) is 0.688. The second-order valence-corrected chi connectivity index (χ2v) is 5.77. The van der Waals surface area contributed by atoms with E-state index in [1.807, 2.05) is 12.1 Å². The third kappa shape index (κ3) is 4.86. The summed E-state index contributed by atoms with van der Waals surface area (Å²) < 4.78 is 5.55. The van der Waals surface area contributed by atoms with Gasteiger partial charge in [-0.1, -0.05) is 6.92 Å². The molecular formula is C16H27N3O2. The third-order valence-corrected chi connectivity index (χ3v) is 4.17. The fourth-order valence-electron chi connectivity index (χ4n) is 2.63. The van der Waals surface area contributed by atoms with E-state index in [2.05, 4.69) is 29.4 Å². The summed E-state index contributed by atoms with van der Waals surface area (Å²) in [7, 11) is 0. The lowest BCUT2D eigenvalue weighted by Crippen LogP contribution is -2.41. The number of rotatable bonds is 8. The zero-order chi connectivity index (χ0) is 15.1. The minimum absolute atomic E-state index is 0.0473. The Bertz CT molecular complexity index is 413. The van der Waals surface area contributed by atoms with Gasteiger partial charge in [-0.25, -0.2) is 0 Å². The zero-order valence-electron chi connectivity index (χ0n) is 13.1. The summed E-state index contributed by atoms with van der Waals surface area (Å²) in [5.41, 5.74) is 0. The molecule has 2 rings (SSSR count). The highest BCUT2D eigenvalue weighted by molar-refractivity contribution is 5.78. The number of furan rings is 1. The van der Waals surface area contributed by atoms with Gasteiger partial charge in [0.25, 0.3) is 0 Å². The van der Waals surface area contributed by atoms with Crippen molar-refractivity contribution >= 4 is 5.91 Å². The Balaban J connectivity index is 1.83. The van der Waals surface area contributed by atoms with Gasteiger partial charge < -0.3 is 15.1 Å². The quantitative estimate of drug-likeness (QED) is 0.769. The molecule has 1 aliphatic heterocycles. The van der Waals surface area contributed by atoms with Crippen LogP contribution in [0.1, 0.15) is 44.9 Å². The molecule has 0 bridgehead atoms. The van der Waals surface area contributed by atoms with Crippen LogP contribution in [-0.4, -0.2) is 43.0 Å². The predicted octanol–water partition coefficient (Wildman–Crippen LogP) is 1.92. The molecule has 0 saturated carbocycles. The van der Waals surface area contributed by atoms with Crippen LogP contribution in [0.3, 0.4) is 0 Å². The fourth-order valence-corrected chi connectivity index (χ4v) is 2.63. The summed E-state index contributed by atoms with van der Waals surface area (Å²) in [6.07, 6.45) is 5.17. The van der Waals surface area contributed by atoms with Crippen LogP contribution < -0.4 is 10.6 Å². The first kappa shape index (κ1) is 16.0. The van der Waals surface area contributed by atoms with Crippen LogP contribution in [0.4, 0.5) is 0 Å². The first-order chi connectivity index (χ1) is 10.2. The lowest BCUT2D eigenvalue weighted by molar-refractivity contribution is -0.120. The van der Waals surface area contributed by atoms with Crippen LogP contribution >= 0.6 is 0 Å². The van der Waals surface area contributed by atoms with Gasteiger partial charge >= 0.3 is 0 Å². The van der Waals surface area contributed by atoms with E-state index in [0.717, 1.165) is 25.3 Å². The summed E-state index contributed by atoms with van der Waals surface area (Å²) in [5, 5.41) is 6.24.